The normalized spacial score (nSPS) is 9.77. The van der Waals surface area contributed by atoms with Crippen LogP contribution in [0, 0.1) is 22.7 Å². The molecule has 3 nitrogen and oxygen atoms in total. The van der Waals surface area contributed by atoms with E-state index in [9.17, 15) is 5.26 Å². The molecule has 22 heavy (non-hydrogen) atoms. The zero-order valence-electron chi connectivity index (χ0n) is 12.7. The molecule has 0 spiro atoms. The Morgan fingerprint density at radius 2 is 1.73 bits per heavy atom. The molecular weight excluding hydrogens is 272 g/mol. The summed E-state index contributed by atoms with van der Waals surface area (Å²) in [7, 11) is 0. The molecule has 0 atom stereocenters. The molecule has 0 heterocycles. The lowest BCUT2D eigenvalue weighted by Crippen LogP contribution is -1.96. The van der Waals surface area contributed by atoms with Crippen molar-refractivity contribution in [2.75, 3.05) is 6.61 Å². The molecule has 2 aromatic carbocycles. The minimum absolute atomic E-state index is 0.403. The largest absolute Gasteiger partial charge is 0.494 e. The second-order valence-electron chi connectivity index (χ2n) is 5.03. The maximum Gasteiger partial charge on any atom is 0.119 e. The van der Waals surface area contributed by atoms with Crippen LogP contribution in [-0.2, 0) is 0 Å². The number of hydrogen-bond donors (Lipinski definition) is 0. The van der Waals surface area contributed by atoms with Crippen molar-refractivity contribution < 1.29 is 4.74 Å². The molecule has 2 aromatic rings. The molecule has 0 N–H and O–H groups in total. The smallest absolute Gasteiger partial charge is 0.119 e. The highest BCUT2D eigenvalue weighted by Crippen LogP contribution is 2.27. The molecular formula is C19H18N2O. The van der Waals surface area contributed by atoms with Gasteiger partial charge in [0.1, 0.15) is 17.9 Å². The summed E-state index contributed by atoms with van der Waals surface area (Å²) in [5, 5.41) is 18.4. The van der Waals surface area contributed by atoms with E-state index in [1.807, 2.05) is 30.3 Å². The van der Waals surface area contributed by atoms with Gasteiger partial charge in [0.25, 0.3) is 0 Å². The molecule has 2 rings (SSSR count). The third kappa shape index (κ3) is 3.65. The van der Waals surface area contributed by atoms with Gasteiger partial charge in [-0.3, -0.25) is 0 Å². The summed E-state index contributed by atoms with van der Waals surface area (Å²) in [6, 6.07) is 17.2. The maximum atomic E-state index is 9.29. The highest BCUT2D eigenvalue weighted by atomic mass is 16.5. The molecule has 0 unspecified atom stereocenters. The summed E-state index contributed by atoms with van der Waals surface area (Å²) in [5.74, 6) is 0.829. The van der Waals surface area contributed by atoms with Crippen molar-refractivity contribution in [2.24, 2.45) is 0 Å². The Morgan fingerprint density at radius 3 is 2.36 bits per heavy atom. The van der Waals surface area contributed by atoms with Crippen LogP contribution in [0.5, 0.6) is 5.75 Å². The van der Waals surface area contributed by atoms with Crippen molar-refractivity contribution in [3.05, 3.63) is 53.6 Å². The zero-order chi connectivity index (χ0) is 15.8. The summed E-state index contributed by atoms with van der Waals surface area (Å²) in [4.78, 5) is 0. The number of hydrogen-bond acceptors (Lipinski definition) is 3. The van der Waals surface area contributed by atoms with E-state index in [0.717, 1.165) is 29.9 Å². The second-order valence-corrected chi connectivity index (χ2v) is 5.03. The highest BCUT2D eigenvalue weighted by molar-refractivity contribution is 5.74. The molecule has 0 saturated heterocycles. The van der Waals surface area contributed by atoms with Gasteiger partial charge in [0.05, 0.1) is 17.7 Å². The van der Waals surface area contributed by atoms with E-state index in [4.69, 9.17) is 10.00 Å². The minimum atomic E-state index is 0.403. The van der Waals surface area contributed by atoms with Crippen LogP contribution in [0.3, 0.4) is 0 Å². The van der Waals surface area contributed by atoms with Crippen LogP contribution in [0.1, 0.15) is 37.3 Å². The van der Waals surface area contributed by atoms with Crippen LogP contribution in [-0.4, -0.2) is 6.61 Å². The summed E-state index contributed by atoms with van der Waals surface area (Å²) in [6.07, 6.45) is 3.40. The van der Waals surface area contributed by atoms with E-state index >= 15 is 0 Å². The highest BCUT2D eigenvalue weighted by Gasteiger charge is 2.09. The van der Waals surface area contributed by atoms with Gasteiger partial charge in [-0.05, 0) is 30.2 Å². The fraction of sp³-hybridized carbons (Fsp3) is 0.263. The molecule has 0 saturated carbocycles. The molecule has 3 heteroatoms. The van der Waals surface area contributed by atoms with E-state index in [2.05, 4.69) is 19.1 Å². The third-order valence-corrected chi connectivity index (χ3v) is 3.48. The number of unbranched alkanes of at least 4 members (excludes halogenated alkanes) is 2. The molecule has 0 radical (unpaired) electrons. The first kappa shape index (κ1) is 15.6. The summed E-state index contributed by atoms with van der Waals surface area (Å²) in [6.45, 7) is 2.89. The Labute approximate surface area is 131 Å². The molecule has 0 aliphatic heterocycles. The fourth-order valence-electron chi connectivity index (χ4n) is 2.28. The zero-order valence-corrected chi connectivity index (χ0v) is 12.7. The second kappa shape index (κ2) is 7.86. The lowest BCUT2D eigenvalue weighted by Gasteiger charge is -2.08. The van der Waals surface area contributed by atoms with Gasteiger partial charge in [-0.25, -0.2) is 0 Å². The fourth-order valence-corrected chi connectivity index (χ4v) is 2.28. The number of benzene rings is 2. The maximum absolute atomic E-state index is 9.29. The molecule has 110 valence electrons. The van der Waals surface area contributed by atoms with E-state index in [-0.39, 0.29) is 0 Å². The Hall–Kier alpha value is -2.78. The standard InChI is InChI=1S/C19H18N2O/c1-2-3-4-12-22-17-10-8-15(9-11-17)18-7-5-6-16(13-20)19(18)14-21/h5-11H,2-4,12H2,1H3. The van der Waals surface area contributed by atoms with Gasteiger partial charge in [-0.15, -0.1) is 0 Å². The lowest BCUT2D eigenvalue weighted by molar-refractivity contribution is 0.306. The van der Waals surface area contributed by atoms with Gasteiger partial charge in [0, 0.05) is 5.56 Å². The average molecular weight is 290 g/mol. The quantitative estimate of drug-likeness (QED) is 0.727. The number of ether oxygens (including phenoxy) is 1. The van der Waals surface area contributed by atoms with Crippen molar-refractivity contribution in [2.45, 2.75) is 26.2 Å². The first-order valence-corrected chi connectivity index (χ1v) is 7.46. The Bertz CT molecular complexity index is 706. The first-order chi connectivity index (χ1) is 10.8. The molecule has 0 aromatic heterocycles. The SMILES string of the molecule is CCCCCOc1ccc(-c2cccc(C#N)c2C#N)cc1. The van der Waals surface area contributed by atoms with Crippen LogP contribution < -0.4 is 4.74 Å². The van der Waals surface area contributed by atoms with Crippen molar-refractivity contribution in [3.63, 3.8) is 0 Å². The van der Waals surface area contributed by atoms with E-state index in [0.29, 0.717) is 11.1 Å². The number of nitrogens with zero attached hydrogens (tertiary/aromatic N) is 2. The van der Waals surface area contributed by atoms with Crippen LogP contribution in [0.25, 0.3) is 11.1 Å². The van der Waals surface area contributed by atoms with Crippen LogP contribution in [0.4, 0.5) is 0 Å². The molecule has 0 amide bonds. The average Bonchev–Trinajstić information content (AvgIpc) is 2.58. The molecule has 0 aliphatic carbocycles. The van der Waals surface area contributed by atoms with Crippen molar-refractivity contribution in [3.8, 4) is 29.0 Å². The van der Waals surface area contributed by atoms with E-state index in [1.54, 1.807) is 12.1 Å². The number of rotatable bonds is 6. The van der Waals surface area contributed by atoms with Crippen LogP contribution >= 0.6 is 0 Å². The van der Waals surface area contributed by atoms with Crippen molar-refractivity contribution in [1.29, 1.82) is 10.5 Å². The van der Waals surface area contributed by atoms with Gasteiger partial charge in [-0.2, -0.15) is 10.5 Å². The summed E-state index contributed by atoms with van der Waals surface area (Å²) >= 11 is 0. The third-order valence-electron chi connectivity index (χ3n) is 3.48. The first-order valence-electron chi connectivity index (χ1n) is 7.46. The number of nitriles is 2. The summed E-state index contributed by atoms with van der Waals surface area (Å²) < 4.78 is 5.68. The lowest BCUT2D eigenvalue weighted by atomic mass is 9.96. The Morgan fingerprint density at radius 1 is 0.955 bits per heavy atom. The van der Waals surface area contributed by atoms with Gasteiger partial charge in [-0.1, -0.05) is 44.0 Å². The minimum Gasteiger partial charge on any atom is -0.494 e. The Balaban J connectivity index is 2.18. The van der Waals surface area contributed by atoms with Gasteiger partial charge >= 0.3 is 0 Å². The Kier molecular flexibility index (Phi) is 5.57. The van der Waals surface area contributed by atoms with Gasteiger partial charge in [0.2, 0.25) is 0 Å². The monoisotopic (exact) mass is 290 g/mol. The predicted molar refractivity (Wildman–Crippen MR) is 86.3 cm³/mol. The van der Waals surface area contributed by atoms with Crippen LogP contribution in [0.15, 0.2) is 42.5 Å². The van der Waals surface area contributed by atoms with Crippen LogP contribution in [0.2, 0.25) is 0 Å². The van der Waals surface area contributed by atoms with E-state index < -0.39 is 0 Å². The van der Waals surface area contributed by atoms with Gasteiger partial charge < -0.3 is 4.74 Å². The van der Waals surface area contributed by atoms with Crippen molar-refractivity contribution >= 4 is 0 Å². The topological polar surface area (TPSA) is 56.8 Å². The predicted octanol–water partition coefficient (Wildman–Crippen LogP) is 4.67. The van der Waals surface area contributed by atoms with Gasteiger partial charge in [0.15, 0.2) is 0 Å². The summed E-state index contributed by atoms with van der Waals surface area (Å²) in [5.41, 5.74) is 2.51. The molecule has 0 fully saturated rings. The van der Waals surface area contributed by atoms with Crippen molar-refractivity contribution in [1.82, 2.24) is 0 Å². The molecule has 0 aliphatic rings. The molecule has 0 bridgehead atoms. The van der Waals surface area contributed by atoms with E-state index in [1.165, 1.54) is 12.8 Å².